The fourth-order valence-corrected chi connectivity index (χ4v) is 5.31. The zero-order chi connectivity index (χ0) is 20.7. The highest BCUT2D eigenvalue weighted by atomic mass is 79.9. The summed E-state index contributed by atoms with van der Waals surface area (Å²) in [5.74, 6) is 0.959. The molecule has 0 bridgehead atoms. The fourth-order valence-electron chi connectivity index (χ4n) is 4.59. The minimum Gasteiger partial charge on any atom is -0.459 e. The van der Waals surface area contributed by atoms with Gasteiger partial charge in [0.05, 0.1) is 17.3 Å². The topological polar surface area (TPSA) is 41.3 Å². The van der Waals surface area contributed by atoms with E-state index in [0.29, 0.717) is 21.8 Å². The van der Waals surface area contributed by atoms with Gasteiger partial charge in [-0.3, -0.25) is 4.98 Å². The molecule has 2 unspecified atom stereocenters. The molecule has 154 valence electrons. The van der Waals surface area contributed by atoms with Crippen LogP contribution in [0.4, 0.5) is 4.39 Å². The third kappa shape index (κ3) is 3.54. The number of furan rings is 1. The average Bonchev–Trinajstić information content (AvgIpc) is 3.48. The molecule has 3 aromatic rings. The Morgan fingerprint density at radius 2 is 1.97 bits per heavy atom. The van der Waals surface area contributed by atoms with E-state index in [-0.39, 0.29) is 17.9 Å². The predicted molar refractivity (Wildman–Crippen MR) is 121 cm³/mol. The Hall–Kier alpha value is -2.25. The molecule has 3 heterocycles. The lowest BCUT2D eigenvalue weighted by Gasteiger charge is -2.31. The Balaban J connectivity index is 1.55. The van der Waals surface area contributed by atoms with Crippen molar-refractivity contribution in [3.8, 4) is 11.3 Å². The van der Waals surface area contributed by atoms with Gasteiger partial charge >= 0.3 is 0 Å². The van der Waals surface area contributed by atoms with Crippen LogP contribution in [0.2, 0.25) is 0 Å². The molecular weight excluding hydrogens is 465 g/mol. The van der Waals surface area contributed by atoms with Crippen molar-refractivity contribution in [2.24, 2.45) is 0 Å². The first-order chi connectivity index (χ1) is 14.6. The number of nitrogens with one attached hydrogen (secondary N) is 1. The van der Waals surface area contributed by atoms with E-state index in [9.17, 15) is 4.39 Å². The second-order valence-electron chi connectivity index (χ2n) is 7.80. The van der Waals surface area contributed by atoms with Crippen molar-refractivity contribution in [2.45, 2.75) is 43.8 Å². The standard InChI is InChI=1S/C23H21BrFN3OS/c24-14-8-9-16(17(25)13-14)19-10-11-20(29-19)22-21(18-7-3-4-12-26-18)27-23(30)28(22)15-5-1-2-6-15/h3-4,7-13,15,21-22H,1-2,5-6H2,(H,27,30). The first kappa shape index (κ1) is 19.7. The normalized spacial score (nSPS) is 21.9. The summed E-state index contributed by atoms with van der Waals surface area (Å²) in [5, 5.41) is 4.20. The molecule has 1 saturated carbocycles. The molecule has 1 saturated heterocycles. The Kier molecular flexibility index (Phi) is 5.33. The Morgan fingerprint density at radius 1 is 1.13 bits per heavy atom. The number of aromatic nitrogens is 1. The zero-order valence-corrected chi connectivity index (χ0v) is 18.6. The van der Waals surface area contributed by atoms with Gasteiger partial charge in [0, 0.05) is 16.7 Å². The van der Waals surface area contributed by atoms with Crippen molar-refractivity contribution in [1.82, 2.24) is 15.2 Å². The largest absolute Gasteiger partial charge is 0.459 e. The van der Waals surface area contributed by atoms with Gasteiger partial charge in [0.1, 0.15) is 23.4 Å². The molecule has 0 spiro atoms. The summed E-state index contributed by atoms with van der Waals surface area (Å²) in [4.78, 5) is 6.85. The Morgan fingerprint density at radius 3 is 2.70 bits per heavy atom. The lowest BCUT2D eigenvalue weighted by atomic mass is 10.0. The van der Waals surface area contributed by atoms with E-state index in [4.69, 9.17) is 16.6 Å². The van der Waals surface area contributed by atoms with Crippen molar-refractivity contribution in [1.29, 1.82) is 0 Å². The van der Waals surface area contributed by atoms with Crippen molar-refractivity contribution in [3.05, 3.63) is 76.5 Å². The van der Waals surface area contributed by atoms with Crippen LogP contribution in [0.3, 0.4) is 0 Å². The monoisotopic (exact) mass is 485 g/mol. The number of rotatable bonds is 4. The lowest BCUT2D eigenvalue weighted by molar-refractivity contribution is 0.218. The van der Waals surface area contributed by atoms with Gasteiger partial charge in [-0.05, 0) is 67.5 Å². The predicted octanol–water partition coefficient (Wildman–Crippen LogP) is 6.16. The van der Waals surface area contributed by atoms with Crippen LogP contribution in [0.15, 0.2) is 63.6 Å². The SMILES string of the molecule is Fc1cc(Br)ccc1-c1ccc(C2C(c3ccccn3)NC(=S)N2C2CCCC2)o1. The maximum Gasteiger partial charge on any atom is 0.170 e. The number of thiocarbonyl (C=S) groups is 1. The summed E-state index contributed by atoms with van der Waals surface area (Å²) in [6, 6.07) is 14.8. The molecule has 2 aromatic heterocycles. The van der Waals surface area contributed by atoms with Gasteiger partial charge < -0.3 is 14.6 Å². The highest BCUT2D eigenvalue weighted by Crippen LogP contribution is 2.44. The van der Waals surface area contributed by atoms with E-state index in [1.165, 1.54) is 18.9 Å². The van der Waals surface area contributed by atoms with Gasteiger partial charge in [-0.1, -0.05) is 34.8 Å². The van der Waals surface area contributed by atoms with Crippen LogP contribution in [-0.4, -0.2) is 21.0 Å². The molecule has 30 heavy (non-hydrogen) atoms. The molecule has 5 rings (SSSR count). The number of benzene rings is 1. The van der Waals surface area contributed by atoms with Gasteiger partial charge in [0.15, 0.2) is 5.11 Å². The molecule has 0 amide bonds. The van der Waals surface area contributed by atoms with Gasteiger partial charge in [-0.15, -0.1) is 0 Å². The van der Waals surface area contributed by atoms with Gasteiger partial charge in [0.25, 0.3) is 0 Å². The van der Waals surface area contributed by atoms with E-state index in [1.807, 2.05) is 36.4 Å². The molecule has 1 aliphatic heterocycles. The molecule has 1 N–H and O–H groups in total. The maximum absolute atomic E-state index is 14.5. The van der Waals surface area contributed by atoms with Gasteiger partial charge in [-0.2, -0.15) is 0 Å². The number of nitrogens with zero attached hydrogens (tertiary/aromatic N) is 2. The van der Waals surface area contributed by atoms with E-state index >= 15 is 0 Å². The van der Waals surface area contributed by atoms with Crippen LogP contribution < -0.4 is 5.32 Å². The molecule has 2 aliphatic rings. The molecule has 2 atom stereocenters. The Labute approximate surface area is 188 Å². The molecular formula is C23H21BrFN3OS. The molecule has 0 radical (unpaired) electrons. The van der Waals surface area contributed by atoms with E-state index in [0.717, 1.165) is 29.4 Å². The second kappa shape index (κ2) is 8.12. The molecule has 7 heteroatoms. The van der Waals surface area contributed by atoms with Crippen LogP contribution in [0, 0.1) is 5.82 Å². The van der Waals surface area contributed by atoms with Crippen LogP contribution in [0.1, 0.15) is 49.2 Å². The molecule has 2 fully saturated rings. The first-order valence-corrected chi connectivity index (χ1v) is 11.4. The highest BCUT2D eigenvalue weighted by Gasteiger charge is 2.45. The third-order valence-electron chi connectivity index (χ3n) is 5.97. The number of hydrogen-bond donors (Lipinski definition) is 1. The quantitative estimate of drug-likeness (QED) is 0.448. The summed E-state index contributed by atoms with van der Waals surface area (Å²) in [7, 11) is 0. The van der Waals surface area contributed by atoms with Gasteiger partial charge in [0.2, 0.25) is 0 Å². The van der Waals surface area contributed by atoms with Crippen molar-refractivity contribution in [3.63, 3.8) is 0 Å². The smallest absolute Gasteiger partial charge is 0.170 e. The summed E-state index contributed by atoms with van der Waals surface area (Å²) >= 11 is 9.05. The van der Waals surface area contributed by atoms with E-state index < -0.39 is 0 Å². The number of pyridine rings is 1. The second-order valence-corrected chi connectivity index (χ2v) is 9.10. The van der Waals surface area contributed by atoms with Crippen LogP contribution >= 0.6 is 28.1 Å². The molecule has 1 aromatic carbocycles. The summed E-state index contributed by atoms with van der Waals surface area (Å²) in [6.07, 6.45) is 6.43. The summed E-state index contributed by atoms with van der Waals surface area (Å²) in [6.45, 7) is 0. The van der Waals surface area contributed by atoms with Crippen LogP contribution in [0.25, 0.3) is 11.3 Å². The minimum absolute atomic E-state index is 0.118. The summed E-state index contributed by atoms with van der Waals surface area (Å²) in [5.41, 5.74) is 1.36. The van der Waals surface area contributed by atoms with E-state index in [2.05, 4.69) is 31.1 Å². The van der Waals surface area contributed by atoms with E-state index in [1.54, 1.807) is 12.3 Å². The van der Waals surface area contributed by atoms with Crippen molar-refractivity contribution >= 4 is 33.3 Å². The minimum atomic E-state index is -0.320. The fraction of sp³-hybridized carbons (Fsp3) is 0.304. The first-order valence-electron chi connectivity index (χ1n) is 10.2. The maximum atomic E-state index is 14.5. The zero-order valence-electron chi connectivity index (χ0n) is 16.2. The number of halogens is 2. The molecule has 1 aliphatic carbocycles. The van der Waals surface area contributed by atoms with Gasteiger partial charge in [-0.25, -0.2) is 4.39 Å². The molecule has 4 nitrogen and oxygen atoms in total. The Bertz CT molecular complexity index is 1070. The highest BCUT2D eigenvalue weighted by molar-refractivity contribution is 9.10. The van der Waals surface area contributed by atoms with Crippen molar-refractivity contribution in [2.75, 3.05) is 0 Å². The van der Waals surface area contributed by atoms with Crippen LogP contribution in [0.5, 0.6) is 0 Å². The average molecular weight is 486 g/mol. The number of hydrogen-bond acceptors (Lipinski definition) is 3. The van der Waals surface area contributed by atoms with Crippen molar-refractivity contribution < 1.29 is 8.81 Å². The lowest BCUT2D eigenvalue weighted by Crippen LogP contribution is -2.37. The third-order valence-corrected chi connectivity index (χ3v) is 6.79. The van der Waals surface area contributed by atoms with Crippen LogP contribution in [-0.2, 0) is 0 Å². The summed E-state index contributed by atoms with van der Waals surface area (Å²) < 4.78 is 21.4.